The SMILES string of the molecule is CCOc1cc(CN2CCC[C@H](n3cc(C(=O)N4CCCCC4)nn3)C2)ccc1O. The van der Waals surface area contributed by atoms with Crippen molar-refractivity contribution in [2.24, 2.45) is 0 Å². The summed E-state index contributed by atoms with van der Waals surface area (Å²) in [6.07, 6.45) is 7.24. The summed E-state index contributed by atoms with van der Waals surface area (Å²) < 4.78 is 7.37. The minimum Gasteiger partial charge on any atom is -0.504 e. The Morgan fingerprint density at radius 3 is 2.83 bits per heavy atom. The highest BCUT2D eigenvalue weighted by atomic mass is 16.5. The molecule has 2 saturated heterocycles. The van der Waals surface area contributed by atoms with Gasteiger partial charge in [0.2, 0.25) is 0 Å². The molecule has 1 N–H and O–H groups in total. The lowest BCUT2D eigenvalue weighted by Gasteiger charge is -2.32. The molecule has 2 aliphatic rings. The number of ether oxygens (including phenoxy) is 1. The number of carbonyl (C=O) groups excluding carboxylic acids is 1. The third-order valence-electron chi connectivity index (χ3n) is 5.96. The molecule has 4 rings (SSSR count). The summed E-state index contributed by atoms with van der Waals surface area (Å²) in [6.45, 7) is 6.71. The minimum atomic E-state index is 0.00108. The van der Waals surface area contributed by atoms with Gasteiger partial charge in [-0.1, -0.05) is 11.3 Å². The number of likely N-dealkylation sites (tertiary alicyclic amines) is 2. The second-order valence-electron chi connectivity index (χ2n) is 8.20. The van der Waals surface area contributed by atoms with E-state index in [2.05, 4.69) is 15.2 Å². The number of nitrogens with zero attached hydrogens (tertiary/aromatic N) is 5. The Balaban J connectivity index is 1.39. The van der Waals surface area contributed by atoms with Gasteiger partial charge in [0.25, 0.3) is 5.91 Å². The van der Waals surface area contributed by atoms with E-state index in [4.69, 9.17) is 4.74 Å². The average molecular weight is 414 g/mol. The van der Waals surface area contributed by atoms with Gasteiger partial charge in [-0.3, -0.25) is 9.69 Å². The van der Waals surface area contributed by atoms with E-state index in [1.54, 1.807) is 6.07 Å². The fourth-order valence-corrected chi connectivity index (χ4v) is 4.39. The Bertz CT molecular complexity index is 862. The molecule has 1 amide bonds. The Kier molecular flexibility index (Phi) is 6.52. The van der Waals surface area contributed by atoms with E-state index >= 15 is 0 Å². The normalized spacial score (nSPS) is 20.3. The van der Waals surface area contributed by atoms with Crippen molar-refractivity contribution in [1.29, 1.82) is 0 Å². The number of phenolic OH excluding ortho intramolecular Hbond substituents is 1. The molecule has 1 aromatic heterocycles. The third-order valence-corrected chi connectivity index (χ3v) is 5.96. The number of hydrogen-bond donors (Lipinski definition) is 1. The topological polar surface area (TPSA) is 83.7 Å². The van der Waals surface area contributed by atoms with Gasteiger partial charge in [0.05, 0.1) is 18.8 Å². The van der Waals surface area contributed by atoms with Crippen molar-refractivity contribution in [2.75, 3.05) is 32.8 Å². The summed E-state index contributed by atoms with van der Waals surface area (Å²) in [5.74, 6) is 0.701. The van der Waals surface area contributed by atoms with Crippen molar-refractivity contribution >= 4 is 5.91 Å². The quantitative estimate of drug-likeness (QED) is 0.784. The van der Waals surface area contributed by atoms with E-state index in [1.807, 2.05) is 34.8 Å². The monoisotopic (exact) mass is 413 g/mol. The first kappa shape index (κ1) is 20.7. The van der Waals surface area contributed by atoms with Gasteiger partial charge in [-0.2, -0.15) is 0 Å². The van der Waals surface area contributed by atoms with Crippen LogP contribution < -0.4 is 4.74 Å². The Hall–Kier alpha value is -2.61. The first-order chi connectivity index (χ1) is 14.6. The van der Waals surface area contributed by atoms with Crippen LogP contribution in [0.15, 0.2) is 24.4 Å². The number of aromatic nitrogens is 3. The molecule has 0 spiro atoms. The van der Waals surface area contributed by atoms with E-state index in [0.29, 0.717) is 18.1 Å². The lowest BCUT2D eigenvalue weighted by atomic mass is 10.0. The first-order valence-electron chi connectivity index (χ1n) is 11.0. The molecule has 0 bridgehead atoms. The van der Waals surface area contributed by atoms with Gasteiger partial charge < -0.3 is 14.7 Å². The highest BCUT2D eigenvalue weighted by molar-refractivity contribution is 5.91. The van der Waals surface area contributed by atoms with Crippen LogP contribution in [0.5, 0.6) is 11.5 Å². The molecule has 0 aliphatic carbocycles. The zero-order chi connectivity index (χ0) is 20.9. The number of benzene rings is 1. The van der Waals surface area contributed by atoms with Crippen LogP contribution in [0.4, 0.5) is 0 Å². The molecule has 2 fully saturated rings. The maximum absolute atomic E-state index is 12.7. The molecule has 0 radical (unpaired) electrons. The Labute approximate surface area is 177 Å². The average Bonchev–Trinajstić information content (AvgIpc) is 3.27. The van der Waals surface area contributed by atoms with Gasteiger partial charge in [-0.25, -0.2) is 4.68 Å². The van der Waals surface area contributed by atoms with Crippen molar-refractivity contribution in [1.82, 2.24) is 24.8 Å². The van der Waals surface area contributed by atoms with Crippen molar-refractivity contribution in [2.45, 2.75) is 51.6 Å². The fourth-order valence-electron chi connectivity index (χ4n) is 4.39. The summed E-state index contributed by atoms with van der Waals surface area (Å²) in [4.78, 5) is 17.0. The van der Waals surface area contributed by atoms with Crippen LogP contribution in [0.1, 0.15) is 61.1 Å². The number of rotatable bonds is 6. The molecule has 3 heterocycles. The predicted octanol–water partition coefficient (Wildman–Crippen LogP) is 2.85. The van der Waals surface area contributed by atoms with Crippen molar-refractivity contribution in [3.05, 3.63) is 35.7 Å². The summed E-state index contributed by atoms with van der Waals surface area (Å²) in [6, 6.07) is 5.75. The van der Waals surface area contributed by atoms with Gasteiger partial charge in [-0.15, -0.1) is 5.10 Å². The van der Waals surface area contributed by atoms with E-state index < -0.39 is 0 Å². The van der Waals surface area contributed by atoms with E-state index in [9.17, 15) is 9.90 Å². The van der Waals surface area contributed by atoms with Gasteiger partial charge in [-0.05, 0) is 63.3 Å². The smallest absolute Gasteiger partial charge is 0.276 e. The Morgan fingerprint density at radius 1 is 1.20 bits per heavy atom. The van der Waals surface area contributed by atoms with Crippen LogP contribution in [0.25, 0.3) is 0 Å². The van der Waals surface area contributed by atoms with Crippen LogP contribution in [0.2, 0.25) is 0 Å². The van der Waals surface area contributed by atoms with Crippen molar-refractivity contribution < 1.29 is 14.6 Å². The molecule has 8 heteroatoms. The summed E-state index contributed by atoms with van der Waals surface area (Å²) >= 11 is 0. The standard InChI is InChI=1S/C22H31N5O3/c1-2-30-21-13-17(8-9-20(21)28)14-25-10-6-7-18(15-25)27-16-19(23-24-27)22(29)26-11-4-3-5-12-26/h8-9,13,16,18,28H,2-7,10-12,14-15H2,1H3/t18-/m0/s1. The number of phenols is 1. The molecule has 0 unspecified atom stereocenters. The second kappa shape index (κ2) is 9.47. The number of aromatic hydroxyl groups is 1. The molecule has 1 atom stereocenters. The largest absolute Gasteiger partial charge is 0.504 e. The number of hydrogen-bond acceptors (Lipinski definition) is 6. The zero-order valence-corrected chi connectivity index (χ0v) is 17.7. The number of carbonyl (C=O) groups is 1. The second-order valence-corrected chi connectivity index (χ2v) is 8.20. The highest BCUT2D eigenvalue weighted by Gasteiger charge is 2.25. The lowest BCUT2D eigenvalue weighted by Crippen LogP contribution is -2.36. The van der Waals surface area contributed by atoms with Crippen LogP contribution in [-0.2, 0) is 6.54 Å². The highest BCUT2D eigenvalue weighted by Crippen LogP contribution is 2.29. The lowest BCUT2D eigenvalue weighted by molar-refractivity contribution is 0.0718. The van der Waals surface area contributed by atoms with Crippen LogP contribution in [0.3, 0.4) is 0 Å². The minimum absolute atomic E-state index is 0.00108. The summed E-state index contributed by atoms with van der Waals surface area (Å²) in [5, 5.41) is 18.4. The molecule has 2 aliphatic heterocycles. The molecular weight excluding hydrogens is 382 g/mol. The van der Waals surface area contributed by atoms with E-state index in [-0.39, 0.29) is 17.7 Å². The number of piperidine rings is 2. The zero-order valence-electron chi connectivity index (χ0n) is 17.7. The van der Waals surface area contributed by atoms with Crippen LogP contribution in [0, 0.1) is 0 Å². The third kappa shape index (κ3) is 4.75. The van der Waals surface area contributed by atoms with Crippen LogP contribution in [-0.4, -0.2) is 68.6 Å². The molecule has 30 heavy (non-hydrogen) atoms. The van der Waals surface area contributed by atoms with Gasteiger partial charge in [0.15, 0.2) is 17.2 Å². The molecular formula is C22H31N5O3. The van der Waals surface area contributed by atoms with Gasteiger partial charge in [0, 0.05) is 26.2 Å². The molecule has 1 aromatic carbocycles. The maximum atomic E-state index is 12.7. The molecule has 162 valence electrons. The summed E-state index contributed by atoms with van der Waals surface area (Å²) in [7, 11) is 0. The van der Waals surface area contributed by atoms with Gasteiger partial charge in [0.1, 0.15) is 0 Å². The van der Waals surface area contributed by atoms with Crippen molar-refractivity contribution in [3.63, 3.8) is 0 Å². The van der Waals surface area contributed by atoms with Crippen LogP contribution >= 0.6 is 0 Å². The molecule has 8 nitrogen and oxygen atoms in total. The number of amides is 1. The first-order valence-corrected chi connectivity index (χ1v) is 11.0. The van der Waals surface area contributed by atoms with Gasteiger partial charge >= 0.3 is 0 Å². The maximum Gasteiger partial charge on any atom is 0.276 e. The molecule has 0 saturated carbocycles. The Morgan fingerprint density at radius 2 is 2.03 bits per heavy atom. The van der Waals surface area contributed by atoms with E-state index in [0.717, 1.165) is 64.0 Å². The summed E-state index contributed by atoms with van der Waals surface area (Å²) in [5.41, 5.74) is 1.56. The molecule has 2 aromatic rings. The van der Waals surface area contributed by atoms with E-state index in [1.165, 1.54) is 6.42 Å². The fraction of sp³-hybridized carbons (Fsp3) is 0.591. The van der Waals surface area contributed by atoms with Crippen molar-refractivity contribution in [3.8, 4) is 11.5 Å². The predicted molar refractivity (Wildman–Crippen MR) is 113 cm³/mol.